The summed E-state index contributed by atoms with van der Waals surface area (Å²) in [6.07, 6.45) is 2.17. The van der Waals surface area contributed by atoms with Gasteiger partial charge in [0, 0.05) is 19.8 Å². The van der Waals surface area contributed by atoms with E-state index in [2.05, 4.69) is 6.92 Å². The smallest absolute Gasteiger partial charge is 0.166 e. The van der Waals surface area contributed by atoms with Crippen LogP contribution in [0.25, 0.3) is 0 Å². The minimum Gasteiger partial charge on any atom is -0.373 e. The number of ether oxygens (including phenoxy) is 3. The van der Waals surface area contributed by atoms with Gasteiger partial charge in [-0.3, -0.25) is 0 Å². The second-order valence-corrected chi connectivity index (χ2v) is 5.01. The minimum atomic E-state index is -0.463. The lowest BCUT2D eigenvalue weighted by Crippen LogP contribution is -2.49. The minimum absolute atomic E-state index is 0.0825. The van der Waals surface area contributed by atoms with E-state index in [1.165, 1.54) is 0 Å². The van der Waals surface area contributed by atoms with Crippen molar-refractivity contribution in [2.24, 2.45) is 0 Å². The number of hydrogen-bond acceptors (Lipinski definition) is 3. The molecular formula is C11H26O3Si. The molecule has 0 heterocycles. The fraction of sp³-hybridized carbons (Fsp3) is 1.00. The van der Waals surface area contributed by atoms with E-state index in [-0.39, 0.29) is 6.10 Å². The van der Waals surface area contributed by atoms with Crippen LogP contribution in [0.4, 0.5) is 0 Å². The first-order valence-corrected chi connectivity index (χ1v) is 7.04. The molecule has 0 aliphatic heterocycles. The van der Waals surface area contributed by atoms with E-state index in [9.17, 15) is 0 Å². The average Bonchev–Trinajstić information content (AvgIpc) is 2.18. The van der Waals surface area contributed by atoms with Crippen molar-refractivity contribution in [1.29, 1.82) is 0 Å². The van der Waals surface area contributed by atoms with Crippen molar-refractivity contribution in [3.63, 3.8) is 0 Å². The second kappa shape index (κ2) is 8.27. The van der Waals surface area contributed by atoms with Crippen molar-refractivity contribution in [3.05, 3.63) is 0 Å². The third kappa shape index (κ3) is 5.11. The molecule has 0 aromatic rings. The van der Waals surface area contributed by atoms with Crippen molar-refractivity contribution >= 4 is 10.2 Å². The highest BCUT2D eigenvalue weighted by molar-refractivity contribution is 6.13. The molecule has 0 aromatic carbocycles. The fourth-order valence-electron chi connectivity index (χ4n) is 1.76. The highest BCUT2D eigenvalue weighted by Crippen LogP contribution is 2.21. The van der Waals surface area contributed by atoms with Crippen molar-refractivity contribution in [1.82, 2.24) is 0 Å². The van der Waals surface area contributed by atoms with Crippen molar-refractivity contribution in [2.75, 3.05) is 19.8 Å². The summed E-state index contributed by atoms with van der Waals surface area (Å²) in [5.41, 5.74) is -0.463. The summed E-state index contributed by atoms with van der Waals surface area (Å²) < 4.78 is 17.2. The zero-order valence-corrected chi connectivity index (χ0v) is 12.8. The Morgan fingerprint density at radius 1 is 1.00 bits per heavy atom. The second-order valence-electron chi connectivity index (χ2n) is 3.61. The van der Waals surface area contributed by atoms with Crippen molar-refractivity contribution in [3.8, 4) is 0 Å². The van der Waals surface area contributed by atoms with Crippen molar-refractivity contribution in [2.45, 2.75) is 52.1 Å². The Balaban J connectivity index is 4.48. The van der Waals surface area contributed by atoms with E-state index in [1.807, 2.05) is 20.8 Å². The first-order chi connectivity index (χ1) is 7.14. The Bertz CT molecular complexity index is 141. The third-order valence-corrected chi connectivity index (χ3v) is 3.59. The van der Waals surface area contributed by atoms with Gasteiger partial charge in [0.1, 0.15) is 6.10 Å². The Hall–Kier alpha value is 0.0969. The van der Waals surface area contributed by atoms with Gasteiger partial charge < -0.3 is 14.2 Å². The third-order valence-electron chi connectivity index (χ3n) is 2.37. The summed E-state index contributed by atoms with van der Waals surface area (Å²) in [5.74, 6) is 0. The molecule has 0 radical (unpaired) electrons. The summed E-state index contributed by atoms with van der Waals surface area (Å²) in [7, 11) is 0.830. The predicted molar refractivity (Wildman–Crippen MR) is 66.2 cm³/mol. The largest absolute Gasteiger partial charge is 0.373 e. The zero-order valence-electron chi connectivity index (χ0n) is 10.8. The van der Waals surface area contributed by atoms with Gasteiger partial charge in [0.25, 0.3) is 0 Å². The topological polar surface area (TPSA) is 27.7 Å². The van der Waals surface area contributed by atoms with Gasteiger partial charge in [-0.15, -0.1) is 0 Å². The average molecular weight is 234 g/mol. The van der Waals surface area contributed by atoms with Crippen LogP contribution in [0.1, 0.15) is 40.5 Å². The molecule has 0 aliphatic rings. The Labute approximate surface area is 96.9 Å². The summed E-state index contributed by atoms with van der Waals surface area (Å²) >= 11 is 0. The molecule has 92 valence electrons. The maximum Gasteiger partial charge on any atom is 0.166 e. The van der Waals surface area contributed by atoms with E-state index in [0.29, 0.717) is 13.2 Å². The maximum atomic E-state index is 5.75. The molecule has 0 aliphatic carbocycles. The van der Waals surface area contributed by atoms with Gasteiger partial charge in [0.2, 0.25) is 0 Å². The fourth-order valence-corrected chi connectivity index (χ4v) is 2.79. The van der Waals surface area contributed by atoms with Gasteiger partial charge >= 0.3 is 0 Å². The lowest BCUT2D eigenvalue weighted by molar-refractivity contribution is -0.236. The number of hydrogen-bond donors (Lipinski definition) is 0. The van der Waals surface area contributed by atoms with Crippen molar-refractivity contribution < 1.29 is 14.2 Å². The molecule has 1 atom stereocenters. The predicted octanol–water partition coefficient (Wildman–Crippen LogP) is 1.28. The first-order valence-electron chi connectivity index (χ1n) is 6.04. The summed E-state index contributed by atoms with van der Waals surface area (Å²) in [6.45, 7) is 10.2. The van der Waals surface area contributed by atoms with Crippen LogP contribution in [0.5, 0.6) is 0 Å². The van der Waals surface area contributed by atoms with Gasteiger partial charge in [-0.1, -0.05) is 13.3 Å². The highest BCUT2D eigenvalue weighted by atomic mass is 28.1. The molecule has 0 rings (SSSR count). The van der Waals surface area contributed by atoms with E-state index in [4.69, 9.17) is 14.2 Å². The Kier molecular flexibility index (Phi) is 8.33. The SMILES string of the molecule is CCCC(OCC)C([SiH3])(OCC)OCC. The normalized spacial score (nSPS) is 14.4. The van der Waals surface area contributed by atoms with Crippen LogP contribution in [0.3, 0.4) is 0 Å². The lowest BCUT2D eigenvalue weighted by Gasteiger charge is -2.37. The van der Waals surface area contributed by atoms with E-state index >= 15 is 0 Å². The summed E-state index contributed by atoms with van der Waals surface area (Å²) in [5, 5.41) is 0. The van der Waals surface area contributed by atoms with E-state index in [1.54, 1.807) is 0 Å². The van der Waals surface area contributed by atoms with Crippen LogP contribution in [-0.4, -0.2) is 41.6 Å². The summed E-state index contributed by atoms with van der Waals surface area (Å²) in [6, 6.07) is 0. The van der Waals surface area contributed by atoms with Gasteiger partial charge in [-0.25, -0.2) is 0 Å². The van der Waals surface area contributed by atoms with Crippen LogP contribution in [0, 0.1) is 0 Å². The molecule has 0 spiro atoms. The van der Waals surface area contributed by atoms with Gasteiger partial charge in [0.05, 0.1) is 10.2 Å². The first kappa shape index (κ1) is 15.1. The van der Waals surface area contributed by atoms with E-state index in [0.717, 1.165) is 29.7 Å². The Morgan fingerprint density at radius 2 is 1.53 bits per heavy atom. The van der Waals surface area contributed by atoms with Gasteiger partial charge in [0.15, 0.2) is 5.41 Å². The molecular weight excluding hydrogens is 208 g/mol. The quantitative estimate of drug-likeness (QED) is 0.444. The molecule has 15 heavy (non-hydrogen) atoms. The van der Waals surface area contributed by atoms with Crippen LogP contribution in [0.15, 0.2) is 0 Å². The monoisotopic (exact) mass is 234 g/mol. The molecule has 3 nitrogen and oxygen atoms in total. The van der Waals surface area contributed by atoms with Gasteiger partial charge in [-0.2, -0.15) is 0 Å². The highest BCUT2D eigenvalue weighted by Gasteiger charge is 2.35. The molecule has 1 unspecified atom stereocenters. The van der Waals surface area contributed by atoms with Crippen LogP contribution >= 0.6 is 0 Å². The standard InChI is InChI=1S/C11H26O3Si/c1-5-9-10(12-6-2)11(15,13-7-3)14-8-4/h10H,5-9H2,1-4,15H3. The Morgan fingerprint density at radius 3 is 1.87 bits per heavy atom. The molecule has 0 amide bonds. The summed E-state index contributed by atoms with van der Waals surface area (Å²) in [4.78, 5) is 0. The molecule has 0 N–H and O–H groups in total. The molecule has 0 saturated carbocycles. The number of rotatable bonds is 9. The zero-order chi connectivity index (χ0) is 11.7. The maximum absolute atomic E-state index is 5.75. The molecule has 0 aromatic heterocycles. The molecule has 0 saturated heterocycles. The lowest BCUT2D eigenvalue weighted by atomic mass is 10.2. The van der Waals surface area contributed by atoms with E-state index < -0.39 is 5.41 Å². The van der Waals surface area contributed by atoms with Crippen LogP contribution in [0.2, 0.25) is 0 Å². The van der Waals surface area contributed by atoms with Crippen LogP contribution in [-0.2, 0) is 14.2 Å². The van der Waals surface area contributed by atoms with Crippen LogP contribution < -0.4 is 0 Å². The molecule has 0 fully saturated rings. The molecule has 4 heteroatoms. The molecule has 0 bridgehead atoms. The van der Waals surface area contributed by atoms with Gasteiger partial charge in [-0.05, 0) is 27.2 Å².